The summed E-state index contributed by atoms with van der Waals surface area (Å²) in [5, 5.41) is 22.5. The minimum absolute atomic E-state index is 0.0656. The molecule has 3 heterocycles. The number of rotatable bonds is 7. The fourth-order valence-electron chi connectivity index (χ4n) is 5.03. The number of nitrogens with zero attached hydrogens (tertiary/aromatic N) is 6. The van der Waals surface area contributed by atoms with Gasteiger partial charge in [-0.2, -0.15) is 10.2 Å². The first kappa shape index (κ1) is 28.6. The van der Waals surface area contributed by atoms with Crippen molar-refractivity contribution in [2.24, 2.45) is 13.0 Å². The Kier molecular flexibility index (Phi) is 8.36. The van der Waals surface area contributed by atoms with Gasteiger partial charge in [0.2, 0.25) is 5.95 Å². The van der Waals surface area contributed by atoms with Gasteiger partial charge in [0.25, 0.3) is 11.5 Å². The third-order valence-corrected chi connectivity index (χ3v) is 7.47. The molecule has 0 aliphatic carbocycles. The van der Waals surface area contributed by atoms with Gasteiger partial charge in [0, 0.05) is 37.1 Å². The molecule has 11 heteroatoms. The number of anilines is 2. The molecule has 2 aromatic heterocycles. The SMILES string of the molecule is C[C@H](O)C(=O)N1CC[C@H](Cc2ccc(-c3ncnc(Nc4ccc(-c5ccn(C)c(=O)c5)cc4)n3)cc2C#N)[C@H](F)C1. The molecule has 1 aliphatic rings. The number of aryl methyl sites for hydroxylation is 1. The highest BCUT2D eigenvalue weighted by atomic mass is 19.1. The molecule has 0 spiro atoms. The van der Waals surface area contributed by atoms with Gasteiger partial charge in [0.05, 0.1) is 18.2 Å². The number of nitriles is 1. The van der Waals surface area contributed by atoms with Crippen molar-refractivity contribution in [2.75, 3.05) is 18.4 Å². The highest BCUT2D eigenvalue weighted by Crippen LogP contribution is 2.28. The third-order valence-electron chi connectivity index (χ3n) is 7.47. The Morgan fingerprint density at radius 2 is 1.90 bits per heavy atom. The van der Waals surface area contributed by atoms with Crippen LogP contribution < -0.4 is 10.9 Å². The van der Waals surface area contributed by atoms with Crippen LogP contribution in [0.15, 0.2) is 71.9 Å². The number of alkyl halides is 1. The Balaban J connectivity index is 1.27. The number of pyridine rings is 1. The first-order chi connectivity index (χ1) is 20.2. The predicted molar refractivity (Wildman–Crippen MR) is 155 cm³/mol. The van der Waals surface area contributed by atoms with Crippen molar-refractivity contribution in [3.8, 4) is 28.6 Å². The number of aliphatic hydroxyl groups excluding tert-OH is 1. The zero-order chi connectivity index (χ0) is 29.8. The summed E-state index contributed by atoms with van der Waals surface area (Å²) in [5.41, 5.74) is 4.12. The van der Waals surface area contributed by atoms with Gasteiger partial charge < -0.3 is 19.9 Å². The zero-order valence-electron chi connectivity index (χ0n) is 23.2. The molecule has 1 saturated heterocycles. The first-order valence-electron chi connectivity index (χ1n) is 13.6. The van der Waals surface area contributed by atoms with E-state index in [1.165, 1.54) is 22.7 Å². The van der Waals surface area contributed by atoms with E-state index < -0.39 is 18.2 Å². The first-order valence-corrected chi connectivity index (χ1v) is 13.6. The van der Waals surface area contributed by atoms with Crippen molar-refractivity contribution in [3.63, 3.8) is 0 Å². The molecule has 0 unspecified atom stereocenters. The van der Waals surface area contributed by atoms with E-state index in [2.05, 4.69) is 26.3 Å². The van der Waals surface area contributed by atoms with Gasteiger partial charge in [-0.25, -0.2) is 14.4 Å². The maximum Gasteiger partial charge on any atom is 0.251 e. The van der Waals surface area contributed by atoms with Crippen LogP contribution in [0.1, 0.15) is 24.5 Å². The van der Waals surface area contributed by atoms with Crippen LogP contribution in [-0.4, -0.2) is 60.8 Å². The van der Waals surface area contributed by atoms with Crippen LogP contribution in [0.3, 0.4) is 0 Å². The molecule has 0 radical (unpaired) electrons. The van der Waals surface area contributed by atoms with E-state index in [1.54, 1.807) is 37.5 Å². The molecule has 4 aromatic rings. The molecule has 10 nitrogen and oxygen atoms in total. The molecule has 42 heavy (non-hydrogen) atoms. The number of halogens is 1. The fourth-order valence-corrected chi connectivity index (χ4v) is 5.03. The Morgan fingerprint density at radius 1 is 1.14 bits per heavy atom. The van der Waals surface area contributed by atoms with E-state index in [-0.39, 0.29) is 18.0 Å². The van der Waals surface area contributed by atoms with E-state index in [0.29, 0.717) is 47.8 Å². The van der Waals surface area contributed by atoms with Crippen molar-refractivity contribution in [1.82, 2.24) is 24.4 Å². The second-order valence-corrected chi connectivity index (χ2v) is 10.4. The molecule has 5 rings (SSSR count). The lowest BCUT2D eigenvalue weighted by molar-refractivity contribution is -0.142. The Morgan fingerprint density at radius 3 is 2.60 bits per heavy atom. The fraction of sp³-hybridized carbons (Fsp3) is 0.290. The van der Waals surface area contributed by atoms with Crippen molar-refractivity contribution in [1.29, 1.82) is 5.26 Å². The van der Waals surface area contributed by atoms with Crippen molar-refractivity contribution >= 4 is 17.5 Å². The Bertz CT molecular complexity index is 1700. The third kappa shape index (κ3) is 6.34. The quantitative estimate of drug-likeness (QED) is 0.346. The smallest absolute Gasteiger partial charge is 0.251 e. The molecule has 2 N–H and O–H groups in total. The maximum absolute atomic E-state index is 14.9. The van der Waals surface area contributed by atoms with Crippen LogP contribution in [0.5, 0.6) is 0 Å². The Labute approximate surface area is 242 Å². The molecule has 1 aliphatic heterocycles. The van der Waals surface area contributed by atoms with Crippen LogP contribution in [0.2, 0.25) is 0 Å². The van der Waals surface area contributed by atoms with Crippen LogP contribution in [0.4, 0.5) is 16.0 Å². The van der Waals surface area contributed by atoms with E-state index in [1.807, 2.05) is 30.3 Å². The van der Waals surface area contributed by atoms with Gasteiger partial charge in [0.1, 0.15) is 18.6 Å². The minimum atomic E-state index is -1.25. The number of benzene rings is 2. The van der Waals surface area contributed by atoms with Crippen LogP contribution in [0.25, 0.3) is 22.5 Å². The number of likely N-dealkylation sites (tertiary alicyclic amines) is 1. The summed E-state index contributed by atoms with van der Waals surface area (Å²) in [7, 11) is 1.70. The standard InChI is InChI=1S/C31H30FN7O3/c1-19(40)30(42)39-12-10-23(27(32)17-39)13-21-3-4-24(14-25(21)16-33)29-34-18-35-31(37-29)36-26-7-5-20(6-8-26)22-9-11-38(2)28(41)15-22/h3-9,11,14-15,18-19,23,27,40H,10,12-13,17H2,1-2H3,(H,34,35,36,37)/t19-,23+,27+/m0/s1. The lowest BCUT2D eigenvalue weighted by atomic mass is 9.86. The van der Waals surface area contributed by atoms with Gasteiger partial charge in [0.15, 0.2) is 5.82 Å². The number of carbonyl (C=O) groups excluding carboxylic acids is 1. The summed E-state index contributed by atoms with van der Waals surface area (Å²) in [5.74, 6) is -0.113. The molecular formula is C31H30FN7O3. The van der Waals surface area contributed by atoms with Crippen molar-refractivity contribution in [3.05, 3.63) is 88.6 Å². The van der Waals surface area contributed by atoms with E-state index in [4.69, 9.17) is 0 Å². The predicted octanol–water partition coefficient (Wildman–Crippen LogP) is 3.63. The molecule has 1 fully saturated rings. The molecule has 2 aromatic carbocycles. The van der Waals surface area contributed by atoms with E-state index in [9.17, 15) is 24.3 Å². The molecular weight excluding hydrogens is 537 g/mol. The van der Waals surface area contributed by atoms with Gasteiger partial charge in [-0.1, -0.05) is 24.3 Å². The highest BCUT2D eigenvalue weighted by Gasteiger charge is 2.33. The number of aromatic nitrogens is 4. The number of aliphatic hydroxyl groups is 1. The van der Waals surface area contributed by atoms with Crippen molar-refractivity contribution in [2.45, 2.75) is 32.0 Å². The van der Waals surface area contributed by atoms with Gasteiger partial charge in [-0.3, -0.25) is 9.59 Å². The molecule has 1 amide bonds. The van der Waals surface area contributed by atoms with E-state index >= 15 is 0 Å². The summed E-state index contributed by atoms with van der Waals surface area (Å²) in [6.07, 6.45) is 1.51. The summed E-state index contributed by atoms with van der Waals surface area (Å²) in [6.45, 7) is 1.68. The minimum Gasteiger partial charge on any atom is -0.384 e. The topological polar surface area (TPSA) is 137 Å². The van der Waals surface area contributed by atoms with Gasteiger partial charge >= 0.3 is 0 Å². The number of piperidine rings is 1. The largest absolute Gasteiger partial charge is 0.384 e. The van der Waals surface area contributed by atoms with Crippen LogP contribution >= 0.6 is 0 Å². The van der Waals surface area contributed by atoms with Crippen molar-refractivity contribution < 1.29 is 14.3 Å². The number of hydrogen-bond donors (Lipinski definition) is 2. The average Bonchev–Trinajstić information content (AvgIpc) is 3.00. The lowest BCUT2D eigenvalue weighted by Gasteiger charge is -2.35. The monoisotopic (exact) mass is 567 g/mol. The average molecular weight is 568 g/mol. The molecule has 214 valence electrons. The number of nitrogens with one attached hydrogen (secondary N) is 1. The lowest BCUT2D eigenvalue weighted by Crippen LogP contribution is -2.48. The van der Waals surface area contributed by atoms with Crippen LogP contribution in [0, 0.1) is 17.2 Å². The highest BCUT2D eigenvalue weighted by molar-refractivity contribution is 5.80. The number of carbonyl (C=O) groups is 1. The number of hydrogen-bond acceptors (Lipinski definition) is 8. The van der Waals surface area contributed by atoms with Gasteiger partial charge in [-0.05, 0) is 66.6 Å². The van der Waals surface area contributed by atoms with Crippen LogP contribution in [-0.2, 0) is 18.3 Å². The molecule has 0 saturated carbocycles. The second-order valence-electron chi connectivity index (χ2n) is 10.4. The summed E-state index contributed by atoms with van der Waals surface area (Å²) >= 11 is 0. The molecule has 3 atom stereocenters. The molecule has 0 bridgehead atoms. The summed E-state index contributed by atoms with van der Waals surface area (Å²) in [6, 6.07) is 18.5. The summed E-state index contributed by atoms with van der Waals surface area (Å²) in [4.78, 5) is 38.3. The summed E-state index contributed by atoms with van der Waals surface area (Å²) < 4.78 is 16.5. The van der Waals surface area contributed by atoms with Gasteiger partial charge in [-0.15, -0.1) is 0 Å². The maximum atomic E-state index is 14.9. The number of amides is 1. The zero-order valence-corrected chi connectivity index (χ0v) is 23.2. The second kappa shape index (κ2) is 12.3. The normalized spacial score (nSPS) is 17.4. The van der Waals surface area contributed by atoms with E-state index in [0.717, 1.165) is 16.8 Å². The Hall–Kier alpha value is -4.95.